The van der Waals surface area contributed by atoms with Crippen LogP contribution in [-0.2, 0) is 6.54 Å². The zero-order valence-corrected chi connectivity index (χ0v) is 14.2. The molecular formula is C19H14F2N2O4. The largest absolute Gasteiger partial charge is 0.493 e. The van der Waals surface area contributed by atoms with Crippen LogP contribution in [0.4, 0.5) is 8.78 Å². The van der Waals surface area contributed by atoms with Crippen LogP contribution in [0.25, 0.3) is 22.1 Å². The molecule has 0 fully saturated rings. The third-order valence-corrected chi connectivity index (χ3v) is 4.15. The van der Waals surface area contributed by atoms with E-state index in [4.69, 9.17) is 9.15 Å². The molecule has 8 heteroatoms. The van der Waals surface area contributed by atoms with Gasteiger partial charge >= 0.3 is 6.61 Å². The Morgan fingerprint density at radius 3 is 2.78 bits per heavy atom. The highest BCUT2D eigenvalue weighted by Crippen LogP contribution is 2.30. The Balaban J connectivity index is 1.72. The molecule has 0 N–H and O–H groups in total. The molecule has 0 unspecified atom stereocenters. The van der Waals surface area contributed by atoms with Crippen molar-refractivity contribution in [2.24, 2.45) is 0 Å². The van der Waals surface area contributed by atoms with Crippen molar-refractivity contribution in [2.75, 3.05) is 7.11 Å². The molecule has 0 atom stereocenters. The average molecular weight is 372 g/mol. The number of alkyl halides is 2. The third kappa shape index (κ3) is 3.10. The van der Waals surface area contributed by atoms with Gasteiger partial charge in [-0.2, -0.15) is 8.78 Å². The summed E-state index contributed by atoms with van der Waals surface area (Å²) in [4.78, 5) is 17.1. The third-order valence-electron chi connectivity index (χ3n) is 4.15. The molecule has 27 heavy (non-hydrogen) atoms. The van der Waals surface area contributed by atoms with Crippen LogP contribution in [0.15, 0.2) is 58.0 Å². The van der Waals surface area contributed by atoms with Crippen molar-refractivity contribution < 1.29 is 22.7 Å². The molecule has 2 heterocycles. The SMILES string of the molecule is COc1cc(Cn2cnc3c(oc4ccccc43)c2=O)ccc1OC(F)F. The van der Waals surface area contributed by atoms with Crippen molar-refractivity contribution in [1.82, 2.24) is 9.55 Å². The van der Waals surface area contributed by atoms with Crippen molar-refractivity contribution >= 4 is 22.1 Å². The van der Waals surface area contributed by atoms with E-state index in [-0.39, 0.29) is 29.2 Å². The quantitative estimate of drug-likeness (QED) is 0.533. The maximum atomic E-state index is 12.7. The van der Waals surface area contributed by atoms with E-state index in [9.17, 15) is 13.6 Å². The maximum absolute atomic E-state index is 12.7. The lowest BCUT2D eigenvalue weighted by Gasteiger charge is -2.12. The summed E-state index contributed by atoms with van der Waals surface area (Å²) in [6, 6.07) is 11.8. The fraction of sp³-hybridized carbons (Fsp3) is 0.158. The molecule has 2 aromatic heterocycles. The molecule has 6 nitrogen and oxygen atoms in total. The van der Waals surface area contributed by atoms with Crippen molar-refractivity contribution in [3.05, 3.63) is 64.7 Å². The van der Waals surface area contributed by atoms with E-state index in [0.29, 0.717) is 16.7 Å². The van der Waals surface area contributed by atoms with E-state index >= 15 is 0 Å². The number of fused-ring (bicyclic) bond motifs is 3. The second kappa shape index (κ2) is 6.71. The average Bonchev–Trinajstić information content (AvgIpc) is 3.04. The smallest absolute Gasteiger partial charge is 0.387 e. The van der Waals surface area contributed by atoms with Gasteiger partial charge < -0.3 is 13.9 Å². The minimum atomic E-state index is -2.95. The highest BCUT2D eigenvalue weighted by molar-refractivity contribution is 6.01. The van der Waals surface area contributed by atoms with Crippen LogP contribution in [0, 0.1) is 0 Å². The van der Waals surface area contributed by atoms with Gasteiger partial charge in [-0.25, -0.2) is 4.98 Å². The number of rotatable bonds is 5. The van der Waals surface area contributed by atoms with Gasteiger partial charge in [-0.3, -0.25) is 9.36 Å². The van der Waals surface area contributed by atoms with Crippen molar-refractivity contribution in [1.29, 1.82) is 0 Å². The Hall–Kier alpha value is -3.42. The molecule has 0 aliphatic heterocycles. The summed E-state index contributed by atoms with van der Waals surface area (Å²) in [7, 11) is 1.35. The van der Waals surface area contributed by atoms with Crippen molar-refractivity contribution in [3.8, 4) is 11.5 Å². The summed E-state index contributed by atoms with van der Waals surface area (Å²) in [5.41, 5.74) is 1.59. The lowest BCUT2D eigenvalue weighted by atomic mass is 10.2. The van der Waals surface area contributed by atoms with Gasteiger partial charge in [0.05, 0.1) is 20.0 Å². The first-order valence-electron chi connectivity index (χ1n) is 8.05. The molecular weight excluding hydrogens is 358 g/mol. The second-order valence-corrected chi connectivity index (χ2v) is 5.82. The van der Waals surface area contributed by atoms with Crippen LogP contribution in [0.1, 0.15) is 5.56 Å². The number of hydrogen-bond donors (Lipinski definition) is 0. The van der Waals surface area contributed by atoms with E-state index in [1.165, 1.54) is 30.1 Å². The van der Waals surface area contributed by atoms with Crippen molar-refractivity contribution in [3.63, 3.8) is 0 Å². The Morgan fingerprint density at radius 2 is 2.00 bits per heavy atom. The summed E-state index contributed by atoms with van der Waals surface area (Å²) in [5.74, 6) is 0.0769. The minimum absolute atomic E-state index is 0.0746. The molecule has 0 radical (unpaired) electrons. The zero-order valence-electron chi connectivity index (χ0n) is 14.2. The fourth-order valence-electron chi connectivity index (χ4n) is 2.93. The Kier molecular flexibility index (Phi) is 4.23. The lowest BCUT2D eigenvalue weighted by molar-refractivity contribution is -0.0512. The van der Waals surface area contributed by atoms with E-state index < -0.39 is 6.61 Å². The molecule has 2 aromatic carbocycles. The maximum Gasteiger partial charge on any atom is 0.387 e. The van der Waals surface area contributed by atoms with Crippen LogP contribution in [0.5, 0.6) is 11.5 Å². The van der Waals surface area contributed by atoms with Gasteiger partial charge in [-0.15, -0.1) is 0 Å². The summed E-state index contributed by atoms with van der Waals surface area (Å²) in [6.07, 6.45) is 1.43. The summed E-state index contributed by atoms with van der Waals surface area (Å²) < 4.78 is 41.4. The van der Waals surface area contributed by atoms with E-state index in [1.54, 1.807) is 12.1 Å². The van der Waals surface area contributed by atoms with Crippen LogP contribution in [-0.4, -0.2) is 23.3 Å². The number of benzene rings is 2. The molecule has 4 rings (SSSR count). The van der Waals surface area contributed by atoms with Gasteiger partial charge in [0, 0.05) is 5.39 Å². The zero-order chi connectivity index (χ0) is 19.0. The molecule has 0 saturated heterocycles. The van der Waals surface area contributed by atoms with Gasteiger partial charge in [0.2, 0.25) is 5.58 Å². The molecule has 0 bridgehead atoms. The summed E-state index contributed by atoms with van der Waals surface area (Å²) >= 11 is 0. The van der Waals surface area contributed by atoms with Gasteiger partial charge in [0.1, 0.15) is 11.1 Å². The van der Waals surface area contributed by atoms with Gasteiger partial charge in [0.15, 0.2) is 11.5 Å². The number of aromatic nitrogens is 2. The number of methoxy groups -OCH3 is 1. The van der Waals surface area contributed by atoms with Crippen molar-refractivity contribution in [2.45, 2.75) is 13.2 Å². The fourth-order valence-corrected chi connectivity index (χ4v) is 2.93. The van der Waals surface area contributed by atoms with Crippen LogP contribution >= 0.6 is 0 Å². The number of ether oxygens (including phenoxy) is 2. The number of hydrogen-bond acceptors (Lipinski definition) is 5. The first-order valence-corrected chi connectivity index (χ1v) is 8.05. The number of halogens is 2. The predicted molar refractivity (Wildman–Crippen MR) is 94.5 cm³/mol. The van der Waals surface area contributed by atoms with Gasteiger partial charge in [-0.1, -0.05) is 18.2 Å². The van der Waals surface area contributed by atoms with E-state index in [0.717, 1.165) is 5.39 Å². The Bertz CT molecular complexity index is 1180. The summed E-state index contributed by atoms with van der Waals surface area (Å²) in [6.45, 7) is -2.78. The molecule has 0 saturated carbocycles. The Labute approximate surface area is 151 Å². The second-order valence-electron chi connectivity index (χ2n) is 5.82. The first-order chi connectivity index (χ1) is 13.1. The molecule has 138 valence electrons. The monoisotopic (exact) mass is 372 g/mol. The van der Waals surface area contributed by atoms with Crippen LogP contribution < -0.4 is 15.0 Å². The van der Waals surface area contributed by atoms with E-state index in [2.05, 4.69) is 9.72 Å². The van der Waals surface area contributed by atoms with Gasteiger partial charge in [-0.05, 0) is 29.8 Å². The highest BCUT2D eigenvalue weighted by atomic mass is 19.3. The highest BCUT2D eigenvalue weighted by Gasteiger charge is 2.15. The normalized spacial score (nSPS) is 11.4. The Morgan fingerprint density at radius 1 is 1.19 bits per heavy atom. The number of para-hydroxylation sites is 1. The predicted octanol–water partition coefficient (Wildman–Crippen LogP) is 3.80. The molecule has 0 aliphatic rings. The summed E-state index contributed by atoms with van der Waals surface area (Å²) in [5, 5.41) is 0.770. The molecule has 0 spiro atoms. The number of furan rings is 1. The van der Waals surface area contributed by atoms with Crippen LogP contribution in [0.3, 0.4) is 0 Å². The van der Waals surface area contributed by atoms with E-state index in [1.807, 2.05) is 18.2 Å². The van der Waals surface area contributed by atoms with Crippen LogP contribution in [0.2, 0.25) is 0 Å². The van der Waals surface area contributed by atoms with Gasteiger partial charge in [0.25, 0.3) is 5.56 Å². The lowest BCUT2D eigenvalue weighted by Crippen LogP contribution is -2.20. The topological polar surface area (TPSA) is 66.5 Å². The molecule has 0 aliphatic carbocycles. The molecule has 0 amide bonds. The number of nitrogens with zero attached hydrogens (tertiary/aromatic N) is 2. The standard InChI is InChI=1S/C19H14F2N2O4/c1-25-15-8-11(6-7-14(15)27-19(20)21)9-23-10-22-16-12-4-2-3-5-13(12)26-17(16)18(23)24/h2-8,10,19H,9H2,1H3. The first kappa shape index (κ1) is 17.0. The minimum Gasteiger partial charge on any atom is -0.493 e. The molecule has 4 aromatic rings.